The van der Waals surface area contributed by atoms with Gasteiger partial charge in [-0.2, -0.15) is 0 Å². The number of halogens is 1. The van der Waals surface area contributed by atoms with Gasteiger partial charge in [0.1, 0.15) is 12.0 Å². The van der Waals surface area contributed by atoms with Gasteiger partial charge in [-0.05, 0) is 36.4 Å². The summed E-state index contributed by atoms with van der Waals surface area (Å²) < 4.78 is 10.8. The van der Waals surface area contributed by atoms with Crippen LogP contribution in [-0.2, 0) is 0 Å². The maximum atomic E-state index is 10.7. The molecule has 0 aliphatic rings. The number of anilines is 1. The van der Waals surface area contributed by atoms with Gasteiger partial charge in [-0.1, -0.05) is 11.6 Å². The molecular weight excluding hydrogens is 266 g/mol. The molecule has 2 aromatic rings. The van der Waals surface area contributed by atoms with Crippen LogP contribution in [0.25, 0.3) is 0 Å². The minimum absolute atomic E-state index is 0.404. The molecular formula is C14H12ClNO3. The van der Waals surface area contributed by atoms with Gasteiger partial charge in [-0.15, -0.1) is 0 Å². The van der Waals surface area contributed by atoms with E-state index in [0.717, 1.165) is 6.29 Å². The van der Waals surface area contributed by atoms with Crippen LogP contribution in [0.5, 0.6) is 17.2 Å². The minimum atomic E-state index is 0.404. The highest BCUT2D eigenvalue weighted by atomic mass is 35.5. The predicted octanol–water partition coefficient (Wildman–Crippen LogP) is 3.54. The molecule has 0 aliphatic heterocycles. The highest BCUT2D eigenvalue weighted by Crippen LogP contribution is 2.36. The van der Waals surface area contributed by atoms with Crippen molar-refractivity contribution in [2.45, 2.75) is 0 Å². The molecule has 0 bridgehead atoms. The van der Waals surface area contributed by atoms with Crippen LogP contribution in [0.4, 0.5) is 5.69 Å². The maximum absolute atomic E-state index is 10.7. The Balaban J connectivity index is 2.34. The van der Waals surface area contributed by atoms with E-state index >= 15 is 0 Å². The smallest absolute Gasteiger partial charge is 0.169 e. The fourth-order valence-electron chi connectivity index (χ4n) is 1.56. The molecule has 5 heteroatoms. The van der Waals surface area contributed by atoms with Crippen molar-refractivity contribution >= 4 is 23.6 Å². The van der Waals surface area contributed by atoms with Crippen molar-refractivity contribution in [1.82, 2.24) is 0 Å². The molecule has 0 fully saturated rings. The first-order valence-electron chi connectivity index (χ1n) is 5.50. The zero-order chi connectivity index (χ0) is 13.8. The van der Waals surface area contributed by atoms with Crippen molar-refractivity contribution in [3.63, 3.8) is 0 Å². The molecule has 0 spiro atoms. The number of hydrogen-bond acceptors (Lipinski definition) is 4. The predicted molar refractivity (Wildman–Crippen MR) is 74.3 cm³/mol. The quantitative estimate of drug-likeness (QED) is 0.686. The summed E-state index contributed by atoms with van der Waals surface area (Å²) in [5.41, 5.74) is 6.67. The van der Waals surface area contributed by atoms with Crippen molar-refractivity contribution < 1.29 is 14.3 Å². The first kappa shape index (κ1) is 13.2. The highest BCUT2D eigenvalue weighted by Gasteiger charge is 2.09. The molecule has 2 aromatic carbocycles. The second-order valence-electron chi connectivity index (χ2n) is 3.82. The lowest BCUT2D eigenvalue weighted by Crippen LogP contribution is -1.93. The standard InChI is InChI=1S/C14H12ClNO3/c1-18-14-6-9(8-17)2-4-13(14)19-12-5-3-10(16)7-11(12)15/h2-8H,16H2,1H3. The van der Waals surface area contributed by atoms with Crippen molar-refractivity contribution in [1.29, 1.82) is 0 Å². The van der Waals surface area contributed by atoms with Crippen LogP contribution in [0.15, 0.2) is 36.4 Å². The maximum Gasteiger partial charge on any atom is 0.169 e. The van der Waals surface area contributed by atoms with Crippen molar-refractivity contribution in [3.05, 3.63) is 47.0 Å². The number of hydrogen-bond donors (Lipinski definition) is 1. The van der Waals surface area contributed by atoms with E-state index in [9.17, 15) is 4.79 Å². The topological polar surface area (TPSA) is 61.5 Å². The van der Waals surface area contributed by atoms with E-state index in [1.807, 2.05) is 0 Å². The van der Waals surface area contributed by atoms with Gasteiger partial charge in [-0.25, -0.2) is 0 Å². The molecule has 0 aromatic heterocycles. The average Bonchev–Trinajstić information content (AvgIpc) is 2.42. The fourth-order valence-corrected chi connectivity index (χ4v) is 1.79. The van der Waals surface area contributed by atoms with Gasteiger partial charge in [0.15, 0.2) is 11.5 Å². The summed E-state index contributed by atoms with van der Waals surface area (Å²) in [4.78, 5) is 10.7. The first-order chi connectivity index (χ1) is 9.13. The van der Waals surface area contributed by atoms with Crippen LogP contribution in [-0.4, -0.2) is 13.4 Å². The molecule has 0 unspecified atom stereocenters. The first-order valence-corrected chi connectivity index (χ1v) is 5.88. The van der Waals surface area contributed by atoms with Crippen LogP contribution in [0.1, 0.15) is 10.4 Å². The second-order valence-corrected chi connectivity index (χ2v) is 4.23. The minimum Gasteiger partial charge on any atom is -0.493 e. The number of aldehydes is 1. The summed E-state index contributed by atoms with van der Waals surface area (Å²) in [5.74, 6) is 1.39. The molecule has 98 valence electrons. The molecule has 19 heavy (non-hydrogen) atoms. The molecule has 0 saturated carbocycles. The van der Waals surface area contributed by atoms with Crippen LogP contribution >= 0.6 is 11.6 Å². The van der Waals surface area contributed by atoms with E-state index in [-0.39, 0.29) is 0 Å². The number of rotatable bonds is 4. The molecule has 0 aliphatic carbocycles. The van der Waals surface area contributed by atoms with Gasteiger partial charge in [0.2, 0.25) is 0 Å². The van der Waals surface area contributed by atoms with E-state index in [1.54, 1.807) is 36.4 Å². The van der Waals surface area contributed by atoms with E-state index < -0.39 is 0 Å². The number of ether oxygens (including phenoxy) is 2. The fraction of sp³-hybridized carbons (Fsp3) is 0.0714. The highest BCUT2D eigenvalue weighted by molar-refractivity contribution is 6.32. The zero-order valence-electron chi connectivity index (χ0n) is 10.2. The van der Waals surface area contributed by atoms with Crippen molar-refractivity contribution in [3.8, 4) is 17.2 Å². The van der Waals surface area contributed by atoms with Gasteiger partial charge >= 0.3 is 0 Å². The molecule has 0 heterocycles. The van der Waals surface area contributed by atoms with E-state index in [2.05, 4.69) is 0 Å². The summed E-state index contributed by atoms with van der Waals surface area (Å²) in [7, 11) is 1.50. The molecule has 2 rings (SSSR count). The number of benzene rings is 2. The Bertz CT molecular complexity index is 614. The summed E-state index contributed by atoms with van der Waals surface area (Å²) in [5, 5.41) is 0.404. The molecule has 2 N–H and O–H groups in total. The Morgan fingerprint density at radius 1 is 1.11 bits per heavy atom. The number of nitrogen functional groups attached to an aromatic ring is 1. The Morgan fingerprint density at radius 3 is 2.47 bits per heavy atom. The van der Waals surface area contributed by atoms with Gasteiger partial charge < -0.3 is 15.2 Å². The molecule has 0 radical (unpaired) electrons. The van der Waals surface area contributed by atoms with Gasteiger partial charge in [0, 0.05) is 11.3 Å². The number of carbonyl (C=O) groups excluding carboxylic acids is 1. The number of carbonyl (C=O) groups is 1. The number of methoxy groups -OCH3 is 1. The average molecular weight is 278 g/mol. The zero-order valence-corrected chi connectivity index (χ0v) is 11.0. The third-order valence-corrected chi connectivity index (χ3v) is 2.79. The Morgan fingerprint density at radius 2 is 1.84 bits per heavy atom. The van der Waals surface area contributed by atoms with E-state index in [1.165, 1.54) is 7.11 Å². The SMILES string of the molecule is COc1cc(C=O)ccc1Oc1ccc(N)cc1Cl. The third kappa shape index (κ3) is 2.98. The Labute approximate surface area is 115 Å². The Kier molecular flexibility index (Phi) is 3.92. The van der Waals surface area contributed by atoms with Gasteiger partial charge in [0.05, 0.1) is 12.1 Å². The van der Waals surface area contributed by atoms with Crippen molar-refractivity contribution in [2.75, 3.05) is 12.8 Å². The molecule has 0 saturated heterocycles. The summed E-state index contributed by atoms with van der Waals surface area (Å²) in [6.07, 6.45) is 0.739. The third-order valence-electron chi connectivity index (χ3n) is 2.50. The van der Waals surface area contributed by atoms with E-state index in [0.29, 0.717) is 33.5 Å². The summed E-state index contributed by atoms with van der Waals surface area (Å²) in [6.45, 7) is 0. The summed E-state index contributed by atoms with van der Waals surface area (Å²) >= 11 is 6.03. The van der Waals surface area contributed by atoms with Gasteiger partial charge in [0.25, 0.3) is 0 Å². The molecule has 0 amide bonds. The number of nitrogens with two attached hydrogens (primary N) is 1. The van der Waals surface area contributed by atoms with Crippen LogP contribution in [0, 0.1) is 0 Å². The monoisotopic (exact) mass is 277 g/mol. The van der Waals surface area contributed by atoms with Crippen LogP contribution in [0.2, 0.25) is 5.02 Å². The molecule has 4 nitrogen and oxygen atoms in total. The van der Waals surface area contributed by atoms with E-state index in [4.69, 9.17) is 26.8 Å². The molecule has 0 atom stereocenters. The summed E-state index contributed by atoms with van der Waals surface area (Å²) in [6, 6.07) is 9.83. The van der Waals surface area contributed by atoms with Crippen LogP contribution < -0.4 is 15.2 Å². The van der Waals surface area contributed by atoms with Gasteiger partial charge in [-0.3, -0.25) is 4.79 Å². The lowest BCUT2D eigenvalue weighted by atomic mass is 10.2. The lowest BCUT2D eigenvalue weighted by molar-refractivity contribution is 0.112. The Hall–Kier alpha value is -2.20. The van der Waals surface area contributed by atoms with Crippen molar-refractivity contribution in [2.24, 2.45) is 0 Å². The normalized spacial score (nSPS) is 10.0. The van der Waals surface area contributed by atoms with Crippen LogP contribution in [0.3, 0.4) is 0 Å². The second kappa shape index (κ2) is 5.63. The lowest BCUT2D eigenvalue weighted by Gasteiger charge is -2.12. The largest absolute Gasteiger partial charge is 0.493 e.